The van der Waals surface area contributed by atoms with Crippen molar-refractivity contribution in [3.05, 3.63) is 33.9 Å². The molecule has 0 spiro atoms. The summed E-state index contributed by atoms with van der Waals surface area (Å²) in [5, 5.41) is 10.6. The Labute approximate surface area is 95.0 Å². The van der Waals surface area contributed by atoms with E-state index >= 15 is 0 Å². The molecular weight excluding hydrogens is 204 g/mol. The van der Waals surface area contributed by atoms with Crippen LogP contribution in [0.4, 0.5) is 11.4 Å². The molecule has 1 aliphatic heterocycles. The standard InChI is InChI=1S/C12H16N2O2/c1-9-5-6-13(8-9)12-4-3-11(14(15)16)7-10(12)2/h3-4,7,9H,5-6,8H2,1-2H3. The lowest BCUT2D eigenvalue weighted by molar-refractivity contribution is -0.384. The number of benzene rings is 1. The van der Waals surface area contributed by atoms with Gasteiger partial charge in [-0.05, 0) is 30.9 Å². The minimum Gasteiger partial charge on any atom is -0.371 e. The molecule has 1 unspecified atom stereocenters. The molecule has 0 saturated carbocycles. The van der Waals surface area contributed by atoms with Gasteiger partial charge >= 0.3 is 0 Å². The van der Waals surface area contributed by atoms with E-state index in [-0.39, 0.29) is 10.6 Å². The number of aryl methyl sites for hydroxylation is 1. The monoisotopic (exact) mass is 220 g/mol. The summed E-state index contributed by atoms with van der Waals surface area (Å²) < 4.78 is 0. The fourth-order valence-corrected chi connectivity index (χ4v) is 2.26. The van der Waals surface area contributed by atoms with Gasteiger partial charge in [-0.25, -0.2) is 0 Å². The molecule has 0 radical (unpaired) electrons. The molecule has 1 aromatic rings. The van der Waals surface area contributed by atoms with E-state index in [4.69, 9.17) is 0 Å². The Morgan fingerprint density at radius 1 is 1.50 bits per heavy atom. The van der Waals surface area contributed by atoms with Gasteiger partial charge in [0, 0.05) is 30.9 Å². The largest absolute Gasteiger partial charge is 0.371 e. The Morgan fingerprint density at radius 2 is 2.25 bits per heavy atom. The third kappa shape index (κ3) is 2.01. The number of rotatable bonds is 2. The van der Waals surface area contributed by atoms with Gasteiger partial charge in [-0.3, -0.25) is 10.1 Å². The number of nitro benzene ring substituents is 1. The zero-order chi connectivity index (χ0) is 11.7. The summed E-state index contributed by atoms with van der Waals surface area (Å²) in [5.41, 5.74) is 2.30. The highest BCUT2D eigenvalue weighted by Crippen LogP contribution is 2.28. The number of nitro groups is 1. The zero-order valence-corrected chi connectivity index (χ0v) is 9.64. The molecule has 86 valence electrons. The van der Waals surface area contributed by atoms with E-state index in [0.717, 1.165) is 30.3 Å². The molecule has 0 aromatic heterocycles. The van der Waals surface area contributed by atoms with Crippen molar-refractivity contribution >= 4 is 11.4 Å². The van der Waals surface area contributed by atoms with E-state index in [1.807, 2.05) is 13.0 Å². The van der Waals surface area contributed by atoms with Crippen LogP contribution in [0.1, 0.15) is 18.9 Å². The van der Waals surface area contributed by atoms with Crippen molar-refractivity contribution in [2.24, 2.45) is 5.92 Å². The highest BCUT2D eigenvalue weighted by molar-refractivity contribution is 5.57. The van der Waals surface area contributed by atoms with Crippen molar-refractivity contribution in [1.29, 1.82) is 0 Å². The van der Waals surface area contributed by atoms with Gasteiger partial charge < -0.3 is 4.90 Å². The summed E-state index contributed by atoms with van der Waals surface area (Å²) in [4.78, 5) is 12.6. The zero-order valence-electron chi connectivity index (χ0n) is 9.64. The Kier molecular flexibility index (Phi) is 2.81. The lowest BCUT2D eigenvalue weighted by Crippen LogP contribution is -2.19. The quantitative estimate of drug-likeness (QED) is 0.568. The molecule has 1 fully saturated rings. The molecule has 1 saturated heterocycles. The minimum atomic E-state index is -0.344. The fourth-order valence-electron chi connectivity index (χ4n) is 2.26. The molecule has 16 heavy (non-hydrogen) atoms. The van der Waals surface area contributed by atoms with E-state index < -0.39 is 0 Å². The summed E-state index contributed by atoms with van der Waals surface area (Å²) in [6, 6.07) is 5.11. The molecule has 2 rings (SSSR count). The van der Waals surface area contributed by atoms with Crippen molar-refractivity contribution in [3.63, 3.8) is 0 Å². The molecule has 1 aliphatic rings. The van der Waals surface area contributed by atoms with Gasteiger partial charge in [-0.1, -0.05) is 6.92 Å². The minimum absolute atomic E-state index is 0.175. The van der Waals surface area contributed by atoms with Gasteiger partial charge in [0.2, 0.25) is 0 Å². The molecule has 1 heterocycles. The van der Waals surface area contributed by atoms with Crippen molar-refractivity contribution in [1.82, 2.24) is 0 Å². The lowest BCUT2D eigenvalue weighted by Gasteiger charge is -2.20. The van der Waals surface area contributed by atoms with E-state index in [0.29, 0.717) is 0 Å². The Hall–Kier alpha value is -1.58. The average molecular weight is 220 g/mol. The highest BCUT2D eigenvalue weighted by atomic mass is 16.6. The lowest BCUT2D eigenvalue weighted by atomic mass is 10.1. The highest BCUT2D eigenvalue weighted by Gasteiger charge is 2.21. The summed E-state index contributed by atoms with van der Waals surface area (Å²) in [7, 11) is 0. The van der Waals surface area contributed by atoms with E-state index in [1.54, 1.807) is 12.1 Å². The SMILES string of the molecule is Cc1cc([N+](=O)[O-])ccc1N1CCC(C)C1. The van der Waals surface area contributed by atoms with Crippen LogP contribution in [0.2, 0.25) is 0 Å². The second-order valence-corrected chi connectivity index (χ2v) is 4.57. The Bertz CT molecular complexity index is 417. The summed E-state index contributed by atoms with van der Waals surface area (Å²) in [6.07, 6.45) is 1.20. The predicted molar refractivity (Wildman–Crippen MR) is 63.8 cm³/mol. The molecule has 0 amide bonds. The van der Waals surface area contributed by atoms with Gasteiger partial charge in [0.05, 0.1) is 4.92 Å². The number of hydrogen-bond donors (Lipinski definition) is 0. The molecule has 4 heteroatoms. The molecule has 1 aromatic carbocycles. The number of nitrogens with zero attached hydrogens (tertiary/aromatic N) is 2. The maximum atomic E-state index is 10.6. The van der Waals surface area contributed by atoms with Gasteiger partial charge in [0.1, 0.15) is 0 Å². The first-order valence-corrected chi connectivity index (χ1v) is 5.58. The summed E-state index contributed by atoms with van der Waals surface area (Å²) >= 11 is 0. The van der Waals surface area contributed by atoms with E-state index in [9.17, 15) is 10.1 Å². The van der Waals surface area contributed by atoms with Crippen LogP contribution in [0.25, 0.3) is 0 Å². The van der Waals surface area contributed by atoms with Crippen molar-refractivity contribution in [2.45, 2.75) is 20.3 Å². The van der Waals surface area contributed by atoms with Crippen molar-refractivity contribution in [2.75, 3.05) is 18.0 Å². The first kappa shape index (κ1) is 10.9. The van der Waals surface area contributed by atoms with Gasteiger partial charge in [-0.2, -0.15) is 0 Å². The predicted octanol–water partition coefficient (Wildman–Crippen LogP) is 2.75. The summed E-state index contributed by atoms with van der Waals surface area (Å²) in [5.74, 6) is 0.717. The van der Waals surface area contributed by atoms with Crippen LogP contribution in [-0.4, -0.2) is 18.0 Å². The first-order valence-electron chi connectivity index (χ1n) is 5.58. The van der Waals surface area contributed by atoms with Crippen LogP contribution in [0, 0.1) is 23.0 Å². The van der Waals surface area contributed by atoms with Crippen LogP contribution in [0.3, 0.4) is 0 Å². The maximum Gasteiger partial charge on any atom is 0.269 e. The van der Waals surface area contributed by atoms with Gasteiger partial charge in [0.15, 0.2) is 0 Å². The van der Waals surface area contributed by atoms with Crippen LogP contribution in [-0.2, 0) is 0 Å². The number of hydrogen-bond acceptors (Lipinski definition) is 3. The van der Waals surface area contributed by atoms with E-state index in [1.165, 1.54) is 6.42 Å². The summed E-state index contributed by atoms with van der Waals surface area (Å²) in [6.45, 7) is 6.28. The van der Waals surface area contributed by atoms with Crippen LogP contribution < -0.4 is 4.90 Å². The smallest absolute Gasteiger partial charge is 0.269 e. The molecule has 0 bridgehead atoms. The third-order valence-corrected chi connectivity index (χ3v) is 3.16. The topological polar surface area (TPSA) is 46.4 Å². The number of anilines is 1. The first-order chi connectivity index (χ1) is 7.58. The van der Waals surface area contributed by atoms with Crippen LogP contribution in [0.15, 0.2) is 18.2 Å². The second kappa shape index (κ2) is 4.12. The molecule has 4 nitrogen and oxygen atoms in total. The molecule has 1 atom stereocenters. The van der Waals surface area contributed by atoms with Crippen molar-refractivity contribution < 1.29 is 4.92 Å². The fraction of sp³-hybridized carbons (Fsp3) is 0.500. The normalized spacial score (nSPS) is 20.1. The van der Waals surface area contributed by atoms with E-state index in [2.05, 4.69) is 11.8 Å². The average Bonchev–Trinajstić information content (AvgIpc) is 2.64. The van der Waals surface area contributed by atoms with Gasteiger partial charge in [0.25, 0.3) is 5.69 Å². The number of non-ortho nitro benzene ring substituents is 1. The maximum absolute atomic E-state index is 10.6. The Balaban J connectivity index is 2.26. The van der Waals surface area contributed by atoms with Crippen molar-refractivity contribution in [3.8, 4) is 0 Å². The molecule has 0 aliphatic carbocycles. The van der Waals surface area contributed by atoms with Crippen LogP contribution in [0.5, 0.6) is 0 Å². The third-order valence-electron chi connectivity index (χ3n) is 3.16. The second-order valence-electron chi connectivity index (χ2n) is 4.57. The molecule has 0 N–H and O–H groups in total. The van der Waals surface area contributed by atoms with Crippen LogP contribution >= 0.6 is 0 Å². The molecular formula is C12H16N2O2. The Morgan fingerprint density at radius 3 is 2.75 bits per heavy atom. The van der Waals surface area contributed by atoms with Gasteiger partial charge in [-0.15, -0.1) is 0 Å².